The minimum Gasteiger partial charge on any atom is -0.328 e. The van der Waals surface area contributed by atoms with E-state index in [-0.39, 0.29) is 17.0 Å². The van der Waals surface area contributed by atoms with Crippen LogP contribution in [0.15, 0.2) is 76.6 Å². The van der Waals surface area contributed by atoms with Crippen LogP contribution >= 0.6 is 0 Å². The molecule has 0 atom stereocenters. The van der Waals surface area contributed by atoms with Crippen molar-refractivity contribution in [2.75, 3.05) is 44.6 Å². The van der Waals surface area contributed by atoms with Crippen molar-refractivity contribution in [3.63, 3.8) is 0 Å². The van der Waals surface area contributed by atoms with Crippen LogP contribution < -0.4 is 27.5 Å². The highest BCUT2D eigenvalue weighted by Crippen LogP contribution is 2.24. The molecule has 284 valence electrons. The van der Waals surface area contributed by atoms with E-state index in [4.69, 9.17) is 5.73 Å². The number of benzene rings is 3. The highest BCUT2D eigenvalue weighted by atomic mass is 16.2. The van der Waals surface area contributed by atoms with Crippen molar-refractivity contribution in [1.29, 1.82) is 0 Å². The number of hydrogen-bond donors (Lipinski definition) is 3. The quantitative estimate of drug-likeness (QED) is 0.205. The number of nitrogens with two attached hydrogens (primary N) is 1. The third-order valence-electron chi connectivity index (χ3n) is 11.2. The molecule has 12 heteroatoms. The van der Waals surface area contributed by atoms with Crippen molar-refractivity contribution in [2.45, 2.75) is 84.1 Å². The molecule has 0 saturated carbocycles. The van der Waals surface area contributed by atoms with E-state index in [9.17, 15) is 14.4 Å². The van der Waals surface area contributed by atoms with Crippen molar-refractivity contribution in [1.82, 2.24) is 34.2 Å². The van der Waals surface area contributed by atoms with Crippen LogP contribution in [0.1, 0.15) is 54.4 Å². The second-order valence-corrected chi connectivity index (χ2v) is 15.2. The maximum atomic E-state index is 12.4. The molecule has 3 aliphatic rings. The first-order chi connectivity index (χ1) is 26.2. The van der Waals surface area contributed by atoms with Crippen molar-refractivity contribution < 1.29 is 4.79 Å². The van der Waals surface area contributed by atoms with Gasteiger partial charge in [0.15, 0.2) is 0 Å². The number of fused-ring (bicyclic) bond motifs is 3. The zero-order chi connectivity index (χ0) is 37.6. The van der Waals surface area contributed by atoms with Gasteiger partial charge in [-0.15, -0.1) is 0 Å². The van der Waals surface area contributed by atoms with Crippen LogP contribution in [-0.2, 0) is 30.8 Å². The fraction of sp³-hybridized carbons (Fsp3) is 0.452. The minimum atomic E-state index is -0.0362. The van der Waals surface area contributed by atoms with E-state index in [1.54, 1.807) is 0 Å². The highest BCUT2D eigenvalue weighted by molar-refractivity contribution is 5.94. The predicted octanol–water partition coefficient (Wildman–Crippen LogP) is 3.97. The van der Waals surface area contributed by atoms with E-state index in [0.29, 0.717) is 31.6 Å². The number of amides is 1. The Bertz CT molecular complexity index is 2220. The Morgan fingerprint density at radius 1 is 0.704 bits per heavy atom. The van der Waals surface area contributed by atoms with Gasteiger partial charge in [0.2, 0.25) is 5.91 Å². The number of carbonyl (C=O) groups excluding carboxylic acids is 1. The molecule has 0 radical (unpaired) electrons. The van der Waals surface area contributed by atoms with Crippen LogP contribution in [0.25, 0.3) is 22.1 Å². The summed E-state index contributed by atoms with van der Waals surface area (Å²) in [6.45, 7) is 12.1. The minimum absolute atomic E-state index is 0.0261. The lowest BCUT2D eigenvalue weighted by molar-refractivity contribution is -0.116. The monoisotopic (exact) mass is 731 g/mol. The second-order valence-electron chi connectivity index (χ2n) is 15.2. The number of likely N-dealkylation sites (tertiary alicyclic amines) is 2. The molecule has 3 aromatic carbocycles. The summed E-state index contributed by atoms with van der Waals surface area (Å²) in [5.74, 6) is 0.108. The molecule has 5 aromatic rings. The molecule has 0 spiro atoms. The Hall–Kier alpha value is -4.75. The van der Waals surface area contributed by atoms with Crippen molar-refractivity contribution in [3.05, 3.63) is 110 Å². The molecule has 54 heavy (non-hydrogen) atoms. The third-order valence-corrected chi connectivity index (χ3v) is 11.2. The fourth-order valence-electron chi connectivity index (χ4n) is 7.82. The van der Waals surface area contributed by atoms with Crippen molar-refractivity contribution in [3.8, 4) is 0 Å². The van der Waals surface area contributed by atoms with Gasteiger partial charge in [0.05, 0.1) is 34.5 Å². The van der Waals surface area contributed by atoms with Gasteiger partial charge in [-0.2, -0.15) is 0 Å². The van der Waals surface area contributed by atoms with Gasteiger partial charge in [-0.25, -0.2) is 9.97 Å². The number of carbonyl (C=O) groups is 1. The van der Waals surface area contributed by atoms with Gasteiger partial charge < -0.3 is 35.3 Å². The summed E-state index contributed by atoms with van der Waals surface area (Å²) < 4.78 is 3.69. The number of nitrogens with zero attached hydrogens (tertiary/aromatic N) is 6. The van der Waals surface area contributed by atoms with E-state index in [1.807, 2.05) is 59.4 Å². The summed E-state index contributed by atoms with van der Waals surface area (Å²) >= 11 is 0. The van der Waals surface area contributed by atoms with Crippen LogP contribution in [0.5, 0.6) is 0 Å². The molecule has 1 amide bonds. The summed E-state index contributed by atoms with van der Waals surface area (Å²) in [4.78, 5) is 49.6. The first kappa shape index (κ1) is 37.6. The van der Waals surface area contributed by atoms with Gasteiger partial charge >= 0.3 is 0 Å². The zero-order valence-corrected chi connectivity index (χ0v) is 31.6. The Morgan fingerprint density at radius 3 is 1.83 bits per heavy atom. The zero-order valence-electron chi connectivity index (χ0n) is 31.6. The third kappa shape index (κ3) is 9.30. The standard InChI is InChI=1S/C26H31N5O2.C16H22N4O/c1-18-2-6-22-24(14-18)31(26(33)17-28-22)13-12-30-10-8-21(9-11-30)27-16-19-3-4-20-5-7-25(32)29-23(20)15-19;1-12-2-3-14-15(10-12)20(16(21)11-18-14)9-8-19-6-4-13(17)5-7-19/h2-4,6,14-15,17,21,27H,5,7-13,16H2,1H3,(H,29,32);2-3,10-11,13H,4-9,17H2,1H3. The Balaban J connectivity index is 0.000000184. The maximum absolute atomic E-state index is 12.4. The van der Waals surface area contributed by atoms with Crippen LogP contribution in [0.4, 0.5) is 5.69 Å². The van der Waals surface area contributed by atoms with Crippen LogP contribution in [0.2, 0.25) is 0 Å². The number of aryl methyl sites for hydroxylation is 3. The van der Waals surface area contributed by atoms with E-state index < -0.39 is 0 Å². The molecule has 0 unspecified atom stereocenters. The Morgan fingerprint density at radius 2 is 1.26 bits per heavy atom. The molecule has 8 rings (SSSR count). The van der Waals surface area contributed by atoms with Gasteiger partial charge in [0.1, 0.15) is 0 Å². The maximum Gasteiger partial charge on any atom is 0.269 e. The number of nitrogens with one attached hydrogen (secondary N) is 2. The summed E-state index contributed by atoms with van der Waals surface area (Å²) in [5.41, 5.74) is 15.1. The molecular weight excluding hydrogens is 679 g/mol. The highest BCUT2D eigenvalue weighted by Gasteiger charge is 2.20. The van der Waals surface area contributed by atoms with Crippen LogP contribution in [0, 0.1) is 13.8 Å². The SMILES string of the molecule is Cc1ccc2ncc(=O)n(CCN3CCC(N)CC3)c2c1.Cc1ccc2ncc(=O)n(CCN3CCC(NCc4ccc5c(c4)NC(=O)CC5)CC3)c2c1. The number of hydrogen-bond acceptors (Lipinski definition) is 9. The molecule has 2 aromatic heterocycles. The number of piperidine rings is 2. The van der Waals surface area contributed by atoms with Gasteiger partial charge in [-0.1, -0.05) is 24.3 Å². The summed E-state index contributed by atoms with van der Waals surface area (Å²) in [7, 11) is 0. The van der Waals surface area contributed by atoms with E-state index >= 15 is 0 Å². The molecule has 0 aliphatic carbocycles. The molecule has 3 aliphatic heterocycles. The normalized spacial score (nSPS) is 17.3. The van der Waals surface area contributed by atoms with Crippen LogP contribution in [0.3, 0.4) is 0 Å². The molecule has 4 N–H and O–H groups in total. The Kier molecular flexibility index (Phi) is 11.9. The second kappa shape index (κ2) is 17.2. The molecule has 0 bridgehead atoms. The predicted molar refractivity (Wildman–Crippen MR) is 215 cm³/mol. The van der Waals surface area contributed by atoms with E-state index in [1.165, 1.54) is 23.5 Å². The fourth-order valence-corrected chi connectivity index (χ4v) is 7.82. The topological polar surface area (TPSA) is 143 Å². The molecule has 5 heterocycles. The average molecular weight is 732 g/mol. The lowest BCUT2D eigenvalue weighted by Crippen LogP contribution is -2.43. The average Bonchev–Trinajstić information content (AvgIpc) is 3.17. The first-order valence-electron chi connectivity index (χ1n) is 19.5. The van der Waals surface area contributed by atoms with Gasteiger partial charge in [-0.3, -0.25) is 14.4 Å². The smallest absolute Gasteiger partial charge is 0.269 e. The van der Waals surface area contributed by atoms with Gasteiger partial charge in [0.25, 0.3) is 11.1 Å². The Labute approximate surface area is 316 Å². The summed E-state index contributed by atoms with van der Waals surface area (Å²) in [6.07, 6.45) is 8.53. The molecular formula is C42H53N9O3. The lowest BCUT2D eigenvalue weighted by Gasteiger charge is -2.32. The number of aromatic nitrogens is 4. The van der Waals surface area contributed by atoms with E-state index in [0.717, 1.165) is 117 Å². The van der Waals surface area contributed by atoms with Crippen molar-refractivity contribution >= 4 is 33.7 Å². The van der Waals surface area contributed by atoms with Gasteiger partial charge in [0, 0.05) is 56.9 Å². The summed E-state index contributed by atoms with van der Waals surface area (Å²) in [6, 6.07) is 19.3. The number of anilines is 1. The molecule has 2 fully saturated rings. The lowest BCUT2D eigenvalue weighted by atomic mass is 10.00. The van der Waals surface area contributed by atoms with Crippen molar-refractivity contribution in [2.24, 2.45) is 5.73 Å². The van der Waals surface area contributed by atoms with E-state index in [2.05, 4.69) is 48.6 Å². The summed E-state index contributed by atoms with van der Waals surface area (Å²) in [5, 5.41) is 6.67. The first-order valence-corrected chi connectivity index (χ1v) is 19.5. The molecule has 2 saturated heterocycles. The molecule has 12 nitrogen and oxygen atoms in total. The van der Waals surface area contributed by atoms with Gasteiger partial charge in [-0.05, 0) is 125 Å². The number of rotatable bonds is 9. The largest absolute Gasteiger partial charge is 0.328 e. The van der Waals surface area contributed by atoms with Crippen LogP contribution in [-0.4, -0.2) is 86.2 Å².